The minimum atomic E-state index is -0.108. The second-order valence-electron chi connectivity index (χ2n) is 6.45. The van der Waals surface area contributed by atoms with Crippen LogP contribution in [0, 0.1) is 17.3 Å². The SMILES string of the molecule is CC(C)[C@]1(CO)CCCN(C(=O)[C@H]2CCCOC2)C1. The third-order valence-corrected chi connectivity index (χ3v) is 4.97. The molecule has 2 atom stereocenters. The zero-order valence-corrected chi connectivity index (χ0v) is 12.2. The van der Waals surface area contributed by atoms with Crippen LogP contribution in [0.2, 0.25) is 0 Å². The summed E-state index contributed by atoms with van der Waals surface area (Å²) < 4.78 is 5.42. The minimum absolute atomic E-state index is 0.0374. The van der Waals surface area contributed by atoms with Crippen molar-refractivity contribution >= 4 is 5.91 Å². The topological polar surface area (TPSA) is 49.8 Å². The highest BCUT2D eigenvalue weighted by molar-refractivity contribution is 5.79. The standard InChI is InChI=1S/C15H27NO3/c1-12(2)15(11-17)6-4-7-16(10-15)14(18)13-5-3-8-19-9-13/h12-13,17H,3-11H2,1-2H3/t13-,15+/m0/s1. The predicted molar refractivity (Wildman–Crippen MR) is 73.7 cm³/mol. The van der Waals surface area contributed by atoms with Gasteiger partial charge in [0, 0.05) is 25.1 Å². The summed E-state index contributed by atoms with van der Waals surface area (Å²) in [5.41, 5.74) is -0.108. The summed E-state index contributed by atoms with van der Waals surface area (Å²) in [6.07, 6.45) is 3.95. The van der Waals surface area contributed by atoms with Gasteiger partial charge in [-0.05, 0) is 31.6 Å². The van der Waals surface area contributed by atoms with Gasteiger partial charge in [0.1, 0.15) is 0 Å². The Hall–Kier alpha value is -0.610. The van der Waals surface area contributed by atoms with Gasteiger partial charge in [-0.2, -0.15) is 0 Å². The van der Waals surface area contributed by atoms with Gasteiger partial charge < -0.3 is 14.7 Å². The van der Waals surface area contributed by atoms with Crippen molar-refractivity contribution in [3.63, 3.8) is 0 Å². The van der Waals surface area contributed by atoms with E-state index in [2.05, 4.69) is 13.8 Å². The quantitative estimate of drug-likeness (QED) is 0.848. The third-order valence-electron chi connectivity index (χ3n) is 4.97. The molecule has 2 rings (SSSR count). The van der Waals surface area contributed by atoms with E-state index in [0.29, 0.717) is 19.1 Å². The van der Waals surface area contributed by atoms with E-state index in [4.69, 9.17) is 4.74 Å². The Bertz CT molecular complexity index is 313. The van der Waals surface area contributed by atoms with E-state index in [0.717, 1.165) is 38.8 Å². The Morgan fingerprint density at radius 2 is 2.26 bits per heavy atom. The van der Waals surface area contributed by atoms with Crippen LogP contribution in [-0.2, 0) is 9.53 Å². The smallest absolute Gasteiger partial charge is 0.228 e. The van der Waals surface area contributed by atoms with Gasteiger partial charge in [-0.1, -0.05) is 13.8 Å². The summed E-state index contributed by atoms with van der Waals surface area (Å²) in [4.78, 5) is 14.5. The lowest BCUT2D eigenvalue weighted by atomic mass is 9.72. The monoisotopic (exact) mass is 269 g/mol. The van der Waals surface area contributed by atoms with Crippen LogP contribution in [0.1, 0.15) is 39.5 Å². The molecule has 2 saturated heterocycles. The zero-order valence-electron chi connectivity index (χ0n) is 12.2. The molecule has 0 bridgehead atoms. The van der Waals surface area contributed by atoms with E-state index < -0.39 is 0 Å². The molecule has 2 aliphatic heterocycles. The first-order valence-electron chi connectivity index (χ1n) is 7.56. The number of carbonyl (C=O) groups is 1. The van der Waals surface area contributed by atoms with Gasteiger partial charge in [0.2, 0.25) is 5.91 Å². The van der Waals surface area contributed by atoms with Crippen molar-refractivity contribution in [3.8, 4) is 0 Å². The number of aliphatic hydroxyl groups excluding tert-OH is 1. The molecule has 1 amide bonds. The largest absolute Gasteiger partial charge is 0.396 e. The number of hydrogen-bond acceptors (Lipinski definition) is 3. The Morgan fingerprint density at radius 3 is 2.84 bits per heavy atom. The van der Waals surface area contributed by atoms with Crippen LogP contribution in [0.15, 0.2) is 0 Å². The maximum Gasteiger partial charge on any atom is 0.228 e. The molecule has 0 unspecified atom stereocenters. The maximum absolute atomic E-state index is 12.5. The number of aliphatic hydroxyl groups is 1. The number of piperidine rings is 1. The summed E-state index contributed by atoms with van der Waals surface area (Å²) >= 11 is 0. The highest BCUT2D eigenvalue weighted by Crippen LogP contribution is 2.37. The summed E-state index contributed by atoms with van der Waals surface area (Å²) in [5, 5.41) is 9.76. The van der Waals surface area contributed by atoms with Crippen molar-refractivity contribution in [3.05, 3.63) is 0 Å². The molecule has 19 heavy (non-hydrogen) atoms. The van der Waals surface area contributed by atoms with Crippen LogP contribution < -0.4 is 0 Å². The molecule has 4 heteroatoms. The molecule has 2 aliphatic rings. The van der Waals surface area contributed by atoms with E-state index >= 15 is 0 Å². The molecule has 2 fully saturated rings. The van der Waals surface area contributed by atoms with Gasteiger partial charge in [0.15, 0.2) is 0 Å². The molecule has 4 nitrogen and oxygen atoms in total. The highest BCUT2D eigenvalue weighted by Gasteiger charge is 2.40. The lowest BCUT2D eigenvalue weighted by Crippen LogP contribution is -2.52. The fourth-order valence-corrected chi connectivity index (χ4v) is 3.32. The van der Waals surface area contributed by atoms with Crippen LogP contribution in [0.5, 0.6) is 0 Å². The molecule has 0 aromatic carbocycles. The molecule has 0 radical (unpaired) electrons. The van der Waals surface area contributed by atoms with Crippen LogP contribution in [-0.4, -0.2) is 48.8 Å². The van der Waals surface area contributed by atoms with Gasteiger partial charge in [-0.15, -0.1) is 0 Å². The van der Waals surface area contributed by atoms with Gasteiger partial charge in [0.05, 0.1) is 19.1 Å². The van der Waals surface area contributed by atoms with Crippen molar-refractivity contribution in [1.82, 2.24) is 4.90 Å². The van der Waals surface area contributed by atoms with Gasteiger partial charge in [-0.3, -0.25) is 4.79 Å². The molecule has 110 valence electrons. The lowest BCUT2D eigenvalue weighted by molar-refractivity contribution is -0.145. The second-order valence-corrected chi connectivity index (χ2v) is 6.45. The van der Waals surface area contributed by atoms with Crippen molar-refractivity contribution in [2.75, 3.05) is 32.9 Å². The number of rotatable bonds is 3. The van der Waals surface area contributed by atoms with E-state index in [1.165, 1.54) is 0 Å². The molecule has 0 aliphatic carbocycles. The number of carbonyl (C=O) groups excluding carboxylic acids is 1. The minimum Gasteiger partial charge on any atom is -0.396 e. The normalized spacial score (nSPS) is 32.6. The lowest BCUT2D eigenvalue weighted by Gasteiger charge is -2.45. The van der Waals surface area contributed by atoms with Crippen LogP contribution in [0.4, 0.5) is 0 Å². The van der Waals surface area contributed by atoms with Gasteiger partial charge in [0.25, 0.3) is 0 Å². The Kier molecular flexibility index (Phi) is 4.85. The van der Waals surface area contributed by atoms with Crippen LogP contribution in [0.25, 0.3) is 0 Å². The average Bonchev–Trinajstić information content (AvgIpc) is 2.47. The van der Waals surface area contributed by atoms with Gasteiger partial charge >= 0.3 is 0 Å². The van der Waals surface area contributed by atoms with Crippen molar-refractivity contribution in [2.24, 2.45) is 17.3 Å². The third kappa shape index (κ3) is 3.11. The van der Waals surface area contributed by atoms with E-state index in [1.807, 2.05) is 4.90 Å². The number of likely N-dealkylation sites (tertiary alicyclic amines) is 1. The van der Waals surface area contributed by atoms with Crippen molar-refractivity contribution in [1.29, 1.82) is 0 Å². The Morgan fingerprint density at radius 1 is 1.47 bits per heavy atom. The first-order chi connectivity index (χ1) is 9.09. The molecular formula is C15H27NO3. The Balaban J connectivity index is 2.01. The highest BCUT2D eigenvalue weighted by atomic mass is 16.5. The molecule has 0 saturated carbocycles. The molecule has 0 spiro atoms. The molecule has 0 aromatic rings. The van der Waals surface area contributed by atoms with E-state index in [9.17, 15) is 9.90 Å². The fourth-order valence-electron chi connectivity index (χ4n) is 3.32. The number of nitrogens with zero attached hydrogens (tertiary/aromatic N) is 1. The molecule has 2 heterocycles. The second kappa shape index (κ2) is 6.23. The van der Waals surface area contributed by atoms with E-state index in [-0.39, 0.29) is 23.8 Å². The number of amides is 1. The van der Waals surface area contributed by atoms with Crippen molar-refractivity contribution in [2.45, 2.75) is 39.5 Å². The summed E-state index contributed by atoms with van der Waals surface area (Å²) in [7, 11) is 0. The summed E-state index contributed by atoms with van der Waals surface area (Å²) in [6.45, 7) is 7.37. The first kappa shape index (κ1) is 14.8. The van der Waals surface area contributed by atoms with Crippen molar-refractivity contribution < 1.29 is 14.6 Å². The number of ether oxygens (including phenoxy) is 1. The molecule has 1 N–H and O–H groups in total. The van der Waals surface area contributed by atoms with Crippen LogP contribution in [0.3, 0.4) is 0 Å². The Labute approximate surface area is 116 Å². The van der Waals surface area contributed by atoms with Gasteiger partial charge in [-0.25, -0.2) is 0 Å². The molecule has 0 aromatic heterocycles. The van der Waals surface area contributed by atoms with E-state index in [1.54, 1.807) is 0 Å². The van der Waals surface area contributed by atoms with Crippen LogP contribution >= 0.6 is 0 Å². The predicted octanol–water partition coefficient (Wildman–Crippen LogP) is 1.67. The maximum atomic E-state index is 12.5. The number of hydrogen-bond donors (Lipinski definition) is 1. The average molecular weight is 269 g/mol. The fraction of sp³-hybridized carbons (Fsp3) is 0.933. The zero-order chi connectivity index (χ0) is 13.9. The summed E-state index contributed by atoms with van der Waals surface area (Å²) in [5.74, 6) is 0.670. The molecular weight excluding hydrogens is 242 g/mol. The first-order valence-corrected chi connectivity index (χ1v) is 7.56. The summed E-state index contributed by atoms with van der Waals surface area (Å²) in [6, 6.07) is 0.